The number of nitrogens with zero attached hydrogens (tertiary/aromatic N) is 1. The van der Waals surface area contributed by atoms with E-state index < -0.39 is 0 Å². The highest BCUT2D eigenvalue weighted by Gasteiger charge is 2.23. The van der Waals surface area contributed by atoms with Gasteiger partial charge in [0, 0.05) is 32.1 Å². The van der Waals surface area contributed by atoms with Crippen LogP contribution in [0.15, 0.2) is 24.3 Å². The summed E-state index contributed by atoms with van der Waals surface area (Å²) in [6.07, 6.45) is 8.42. The molecule has 0 saturated heterocycles. The summed E-state index contributed by atoms with van der Waals surface area (Å²) in [4.78, 5) is 25.7. The predicted octanol–water partition coefficient (Wildman–Crippen LogP) is 4.60. The van der Waals surface area contributed by atoms with E-state index in [0.29, 0.717) is 12.5 Å². The summed E-state index contributed by atoms with van der Waals surface area (Å²) in [5, 5.41) is 3.08. The van der Waals surface area contributed by atoms with Gasteiger partial charge in [-0.3, -0.25) is 9.59 Å². The van der Waals surface area contributed by atoms with Gasteiger partial charge in [0.05, 0.1) is 0 Å². The third-order valence-corrected chi connectivity index (χ3v) is 5.36. The second-order valence-corrected chi connectivity index (χ2v) is 7.41. The molecule has 0 aromatic heterocycles. The SMILES string of the molecule is CCC(CC1CCCCC1)C(=O)Nc1cccc(CN(C)C(C)=O)c1. The maximum absolute atomic E-state index is 12.7. The Morgan fingerprint density at radius 1 is 1.24 bits per heavy atom. The molecule has 1 aliphatic carbocycles. The first-order valence-corrected chi connectivity index (χ1v) is 9.61. The monoisotopic (exact) mass is 344 g/mol. The topological polar surface area (TPSA) is 49.4 Å². The molecule has 2 rings (SSSR count). The smallest absolute Gasteiger partial charge is 0.227 e. The highest BCUT2D eigenvalue weighted by atomic mass is 16.2. The number of hydrogen-bond donors (Lipinski definition) is 1. The van der Waals surface area contributed by atoms with Gasteiger partial charge in [0.1, 0.15) is 0 Å². The van der Waals surface area contributed by atoms with Crippen molar-refractivity contribution in [3.8, 4) is 0 Å². The molecule has 2 amide bonds. The van der Waals surface area contributed by atoms with Crippen molar-refractivity contribution in [2.45, 2.75) is 65.3 Å². The van der Waals surface area contributed by atoms with Crippen LogP contribution in [0.4, 0.5) is 5.69 Å². The Hall–Kier alpha value is -1.84. The molecule has 4 heteroatoms. The van der Waals surface area contributed by atoms with Gasteiger partial charge in [0.15, 0.2) is 0 Å². The Balaban J connectivity index is 1.94. The molecule has 0 heterocycles. The van der Waals surface area contributed by atoms with Gasteiger partial charge in [0.25, 0.3) is 0 Å². The minimum atomic E-state index is 0.0352. The van der Waals surface area contributed by atoms with Crippen molar-refractivity contribution in [2.75, 3.05) is 12.4 Å². The number of carbonyl (C=O) groups is 2. The lowest BCUT2D eigenvalue weighted by Gasteiger charge is -2.25. The van der Waals surface area contributed by atoms with E-state index in [-0.39, 0.29) is 17.7 Å². The fourth-order valence-corrected chi connectivity index (χ4v) is 3.66. The standard InChI is InChI=1S/C21H32N2O2/c1-4-19(13-17-9-6-5-7-10-17)21(25)22-20-12-8-11-18(14-20)15-23(3)16(2)24/h8,11-12,14,17,19H,4-7,9-10,13,15H2,1-3H3,(H,22,25). The Labute approximate surface area is 152 Å². The average molecular weight is 344 g/mol. The zero-order chi connectivity index (χ0) is 18.2. The third kappa shape index (κ3) is 6.18. The summed E-state index contributed by atoms with van der Waals surface area (Å²) < 4.78 is 0. The lowest BCUT2D eigenvalue weighted by atomic mass is 9.82. The van der Waals surface area contributed by atoms with Crippen molar-refractivity contribution in [3.05, 3.63) is 29.8 Å². The number of nitrogens with one attached hydrogen (secondary N) is 1. The second-order valence-electron chi connectivity index (χ2n) is 7.41. The van der Waals surface area contributed by atoms with Crippen molar-refractivity contribution < 1.29 is 9.59 Å². The summed E-state index contributed by atoms with van der Waals surface area (Å²) in [6.45, 7) is 4.21. The van der Waals surface area contributed by atoms with Crippen LogP contribution in [0.3, 0.4) is 0 Å². The molecule has 1 aliphatic rings. The predicted molar refractivity (Wildman–Crippen MR) is 102 cm³/mol. The molecule has 25 heavy (non-hydrogen) atoms. The van der Waals surface area contributed by atoms with Crippen molar-refractivity contribution >= 4 is 17.5 Å². The maximum atomic E-state index is 12.7. The van der Waals surface area contributed by atoms with E-state index in [1.807, 2.05) is 24.3 Å². The molecule has 1 saturated carbocycles. The number of carbonyl (C=O) groups excluding carboxylic acids is 2. The first-order valence-electron chi connectivity index (χ1n) is 9.61. The summed E-state index contributed by atoms with van der Waals surface area (Å²) in [5.41, 5.74) is 1.84. The van der Waals surface area contributed by atoms with Gasteiger partial charge in [-0.1, -0.05) is 51.2 Å². The zero-order valence-electron chi connectivity index (χ0n) is 15.9. The average Bonchev–Trinajstić information content (AvgIpc) is 2.60. The third-order valence-electron chi connectivity index (χ3n) is 5.36. The molecule has 1 N–H and O–H groups in total. The highest BCUT2D eigenvalue weighted by Crippen LogP contribution is 2.30. The fraction of sp³-hybridized carbons (Fsp3) is 0.619. The quantitative estimate of drug-likeness (QED) is 0.786. The van der Waals surface area contributed by atoms with E-state index in [9.17, 15) is 9.59 Å². The molecule has 4 nitrogen and oxygen atoms in total. The summed E-state index contributed by atoms with van der Waals surface area (Å²) in [5.74, 6) is 0.963. The van der Waals surface area contributed by atoms with Crippen LogP contribution in [0.1, 0.15) is 64.4 Å². The fourth-order valence-electron chi connectivity index (χ4n) is 3.66. The van der Waals surface area contributed by atoms with Gasteiger partial charge >= 0.3 is 0 Å². The van der Waals surface area contributed by atoms with E-state index in [2.05, 4.69) is 12.2 Å². The van der Waals surface area contributed by atoms with E-state index in [0.717, 1.165) is 24.1 Å². The van der Waals surface area contributed by atoms with Crippen LogP contribution < -0.4 is 5.32 Å². The van der Waals surface area contributed by atoms with Crippen LogP contribution in [-0.4, -0.2) is 23.8 Å². The summed E-state index contributed by atoms with van der Waals surface area (Å²) >= 11 is 0. The van der Waals surface area contributed by atoms with Crippen molar-refractivity contribution in [2.24, 2.45) is 11.8 Å². The highest BCUT2D eigenvalue weighted by molar-refractivity contribution is 5.92. The molecular weight excluding hydrogens is 312 g/mol. The van der Waals surface area contributed by atoms with E-state index >= 15 is 0 Å². The second kappa shape index (κ2) is 9.59. The molecule has 1 aromatic carbocycles. The number of benzene rings is 1. The first kappa shape index (κ1) is 19.5. The Kier molecular flexibility index (Phi) is 7.48. The van der Waals surface area contributed by atoms with E-state index in [1.54, 1.807) is 18.9 Å². The van der Waals surface area contributed by atoms with Crippen LogP contribution >= 0.6 is 0 Å². The minimum Gasteiger partial charge on any atom is -0.342 e. The van der Waals surface area contributed by atoms with Gasteiger partial charge < -0.3 is 10.2 Å². The Morgan fingerprint density at radius 2 is 1.96 bits per heavy atom. The van der Waals surface area contributed by atoms with Crippen LogP contribution in [0, 0.1) is 11.8 Å². The van der Waals surface area contributed by atoms with Crippen LogP contribution in [0.2, 0.25) is 0 Å². The lowest BCUT2D eigenvalue weighted by Crippen LogP contribution is -2.25. The molecule has 0 bridgehead atoms. The van der Waals surface area contributed by atoms with Crippen molar-refractivity contribution in [1.29, 1.82) is 0 Å². The molecule has 0 aliphatic heterocycles. The molecule has 0 radical (unpaired) electrons. The molecule has 138 valence electrons. The van der Waals surface area contributed by atoms with Gasteiger partial charge in [-0.25, -0.2) is 0 Å². The minimum absolute atomic E-state index is 0.0352. The zero-order valence-corrected chi connectivity index (χ0v) is 15.9. The van der Waals surface area contributed by atoms with Crippen LogP contribution in [0.25, 0.3) is 0 Å². The molecule has 1 atom stereocenters. The number of anilines is 1. The molecule has 1 fully saturated rings. The Morgan fingerprint density at radius 3 is 2.60 bits per heavy atom. The van der Waals surface area contributed by atoms with E-state index in [1.165, 1.54) is 32.1 Å². The van der Waals surface area contributed by atoms with E-state index in [4.69, 9.17) is 0 Å². The number of amides is 2. The van der Waals surface area contributed by atoms with Crippen LogP contribution in [0.5, 0.6) is 0 Å². The largest absolute Gasteiger partial charge is 0.342 e. The van der Waals surface area contributed by atoms with Gasteiger partial charge in [-0.15, -0.1) is 0 Å². The van der Waals surface area contributed by atoms with Gasteiger partial charge in [-0.05, 0) is 36.5 Å². The molecule has 1 unspecified atom stereocenters. The van der Waals surface area contributed by atoms with Gasteiger partial charge in [0.2, 0.25) is 11.8 Å². The number of hydrogen-bond acceptors (Lipinski definition) is 2. The Bertz CT molecular complexity index is 579. The summed E-state index contributed by atoms with van der Waals surface area (Å²) in [7, 11) is 1.78. The van der Waals surface area contributed by atoms with Crippen LogP contribution in [-0.2, 0) is 16.1 Å². The van der Waals surface area contributed by atoms with Crippen molar-refractivity contribution in [3.63, 3.8) is 0 Å². The first-order chi connectivity index (χ1) is 12.0. The molecule has 0 spiro atoms. The molecular formula is C21H32N2O2. The lowest BCUT2D eigenvalue weighted by molar-refractivity contribution is -0.128. The molecule has 1 aromatic rings. The normalized spacial score (nSPS) is 16.3. The number of rotatable bonds is 7. The maximum Gasteiger partial charge on any atom is 0.227 e. The van der Waals surface area contributed by atoms with Gasteiger partial charge in [-0.2, -0.15) is 0 Å². The summed E-state index contributed by atoms with van der Waals surface area (Å²) in [6, 6.07) is 7.79. The van der Waals surface area contributed by atoms with Crippen molar-refractivity contribution in [1.82, 2.24) is 4.90 Å².